The van der Waals surface area contributed by atoms with Gasteiger partial charge >= 0.3 is 6.03 Å². The van der Waals surface area contributed by atoms with E-state index in [-0.39, 0.29) is 6.54 Å². The summed E-state index contributed by atoms with van der Waals surface area (Å²) in [5.74, 6) is -1.33. The molecule has 4 rings (SSSR count). The lowest BCUT2D eigenvalue weighted by Gasteiger charge is -2.28. The van der Waals surface area contributed by atoms with Gasteiger partial charge in [-0.15, -0.1) is 0 Å². The fourth-order valence-electron chi connectivity index (χ4n) is 3.77. The highest BCUT2D eigenvalue weighted by Crippen LogP contribution is 2.45. The summed E-state index contributed by atoms with van der Waals surface area (Å²) in [4.78, 5) is 20.4. The van der Waals surface area contributed by atoms with Gasteiger partial charge in [0.15, 0.2) is 11.6 Å². The smallest absolute Gasteiger partial charge is 0.334 e. The van der Waals surface area contributed by atoms with Crippen molar-refractivity contribution in [2.75, 3.05) is 41.8 Å². The number of likely N-dealkylation sites (N-methyl/N-ethyl adjacent to an activating group) is 1. The van der Waals surface area contributed by atoms with E-state index in [0.717, 1.165) is 4.90 Å². The van der Waals surface area contributed by atoms with Gasteiger partial charge in [0.25, 0.3) is 0 Å². The number of para-hydroxylation sites is 1. The van der Waals surface area contributed by atoms with Crippen LogP contribution in [0.2, 0.25) is 5.02 Å². The summed E-state index contributed by atoms with van der Waals surface area (Å²) in [6.45, 7) is 3.14. The molecule has 1 aromatic heterocycles. The van der Waals surface area contributed by atoms with Crippen molar-refractivity contribution in [3.05, 3.63) is 65.3 Å². The van der Waals surface area contributed by atoms with Crippen molar-refractivity contribution in [3.63, 3.8) is 0 Å². The van der Waals surface area contributed by atoms with Crippen molar-refractivity contribution in [1.82, 2.24) is 10.3 Å². The number of anilines is 4. The Hall–Kier alpha value is -3.23. The summed E-state index contributed by atoms with van der Waals surface area (Å²) >= 11 is 6.19. The molecule has 2 amide bonds. The summed E-state index contributed by atoms with van der Waals surface area (Å²) < 4.78 is 30.6. The predicted octanol–water partition coefficient (Wildman–Crippen LogP) is 5.41. The molecule has 0 saturated heterocycles. The molecule has 0 bridgehead atoms. The first-order chi connectivity index (χ1) is 15.5. The van der Waals surface area contributed by atoms with E-state index in [4.69, 9.17) is 11.6 Å². The Morgan fingerprint density at radius 1 is 1.06 bits per heavy atom. The fraction of sp³-hybridized carbons (Fsp3) is 0.217. The summed E-state index contributed by atoms with van der Waals surface area (Å²) in [5.41, 5.74) is 1.39. The third-order valence-corrected chi connectivity index (χ3v) is 5.41. The number of halogens is 3. The number of benzene rings is 2. The van der Waals surface area contributed by atoms with Gasteiger partial charge in [-0.3, -0.25) is 9.80 Å². The average Bonchev–Trinajstić information content (AvgIpc) is 2.86. The first kappa shape index (κ1) is 22.0. The summed E-state index contributed by atoms with van der Waals surface area (Å²) in [6, 6.07) is 10.4. The van der Waals surface area contributed by atoms with Gasteiger partial charge in [-0.05, 0) is 38.2 Å². The van der Waals surface area contributed by atoms with Crippen LogP contribution in [0, 0.1) is 11.6 Å². The van der Waals surface area contributed by atoms with Crippen molar-refractivity contribution >= 4 is 40.5 Å². The van der Waals surface area contributed by atoms with Crippen LogP contribution in [0.4, 0.5) is 36.5 Å². The van der Waals surface area contributed by atoms with Crippen LogP contribution in [0.15, 0.2) is 48.7 Å². The predicted molar refractivity (Wildman–Crippen MR) is 124 cm³/mol. The van der Waals surface area contributed by atoms with E-state index in [2.05, 4.69) is 15.6 Å². The molecule has 0 fully saturated rings. The summed E-state index contributed by atoms with van der Waals surface area (Å²) in [5, 5.41) is 6.31. The molecular weight excluding hydrogens is 436 g/mol. The van der Waals surface area contributed by atoms with Crippen LogP contribution in [0.1, 0.15) is 6.92 Å². The molecule has 3 aromatic rings. The third-order valence-electron chi connectivity index (χ3n) is 5.21. The summed E-state index contributed by atoms with van der Waals surface area (Å²) in [6.07, 6.45) is 1.45. The van der Waals surface area contributed by atoms with Crippen molar-refractivity contribution in [1.29, 1.82) is 0 Å². The number of urea groups is 1. The Balaban J connectivity index is 1.90. The Morgan fingerprint density at radius 2 is 1.78 bits per heavy atom. The van der Waals surface area contributed by atoms with E-state index in [1.54, 1.807) is 44.3 Å². The number of amides is 2. The van der Waals surface area contributed by atoms with Gasteiger partial charge in [0, 0.05) is 42.6 Å². The standard InChI is InChI=1S/C23H22ClF2N5O/c1-3-30-22-17(10-14(24)13-29-22)16-6-4-5-7-20(16)31(23(30)32)21-18(25)11-15(12-19(21)26)28-9-8-27-2/h4-7,10-13,27-28H,3,8-9H2,1-2H3. The van der Waals surface area contributed by atoms with Crippen LogP contribution in [-0.2, 0) is 0 Å². The molecule has 0 radical (unpaired) electrons. The molecule has 0 aliphatic carbocycles. The van der Waals surface area contributed by atoms with Crippen molar-refractivity contribution in [2.24, 2.45) is 0 Å². The van der Waals surface area contributed by atoms with Gasteiger partial charge in [-0.2, -0.15) is 0 Å². The maximum absolute atomic E-state index is 15.3. The minimum atomic E-state index is -0.854. The molecule has 0 saturated carbocycles. The average molecular weight is 458 g/mol. The monoisotopic (exact) mass is 457 g/mol. The number of nitrogens with one attached hydrogen (secondary N) is 2. The molecule has 0 atom stereocenters. The van der Waals surface area contributed by atoms with Gasteiger partial charge in [-0.1, -0.05) is 29.8 Å². The van der Waals surface area contributed by atoms with E-state index in [1.165, 1.54) is 23.2 Å². The van der Waals surface area contributed by atoms with Gasteiger partial charge in [0.05, 0.1) is 10.7 Å². The number of aromatic nitrogens is 1. The fourth-order valence-corrected chi connectivity index (χ4v) is 3.93. The highest BCUT2D eigenvalue weighted by molar-refractivity contribution is 6.31. The minimum absolute atomic E-state index is 0.248. The number of carbonyl (C=O) groups is 1. The van der Waals surface area contributed by atoms with Crippen molar-refractivity contribution in [2.45, 2.75) is 6.92 Å². The molecule has 1 aliphatic rings. The maximum atomic E-state index is 15.3. The van der Waals surface area contributed by atoms with Gasteiger partial charge < -0.3 is 10.6 Å². The molecule has 9 heteroatoms. The van der Waals surface area contributed by atoms with Gasteiger partial charge in [0.2, 0.25) is 0 Å². The number of fused-ring (bicyclic) bond motifs is 3. The minimum Gasteiger partial charge on any atom is -0.384 e. The molecule has 0 unspecified atom stereocenters. The molecular formula is C23H22ClF2N5O. The van der Waals surface area contributed by atoms with Crippen LogP contribution >= 0.6 is 11.6 Å². The molecule has 1 aliphatic heterocycles. The van der Waals surface area contributed by atoms with Crippen LogP contribution in [0.3, 0.4) is 0 Å². The quantitative estimate of drug-likeness (QED) is 0.486. The Bertz CT molecular complexity index is 1150. The Morgan fingerprint density at radius 3 is 2.47 bits per heavy atom. The molecule has 2 heterocycles. The van der Waals surface area contributed by atoms with E-state index in [0.29, 0.717) is 46.4 Å². The Labute approximate surface area is 189 Å². The van der Waals surface area contributed by atoms with Crippen LogP contribution in [0.5, 0.6) is 0 Å². The molecule has 2 N–H and O–H groups in total. The number of carbonyl (C=O) groups excluding carboxylic acids is 1. The zero-order valence-electron chi connectivity index (χ0n) is 17.6. The molecule has 0 spiro atoms. The second-order valence-corrected chi connectivity index (χ2v) is 7.66. The van der Waals surface area contributed by atoms with Crippen LogP contribution in [0.25, 0.3) is 11.1 Å². The lowest BCUT2D eigenvalue weighted by atomic mass is 10.0. The molecule has 6 nitrogen and oxygen atoms in total. The molecule has 32 heavy (non-hydrogen) atoms. The Kier molecular flexibility index (Phi) is 6.25. The number of pyridine rings is 1. The van der Waals surface area contributed by atoms with Crippen LogP contribution < -0.4 is 20.4 Å². The number of hydrogen-bond acceptors (Lipinski definition) is 4. The van der Waals surface area contributed by atoms with E-state index < -0.39 is 23.4 Å². The zero-order chi connectivity index (χ0) is 22.8. The van der Waals surface area contributed by atoms with E-state index in [1.807, 2.05) is 0 Å². The second-order valence-electron chi connectivity index (χ2n) is 7.22. The third kappa shape index (κ3) is 3.87. The lowest BCUT2D eigenvalue weighted by molar-refractivity contribution is 0.253. The first-order valence-corrected chi connectivity index (χ1v) is 10.6. The maximum Gasteiger partial charge on any atom is 0.334 e. The van der Waals surface area contributed by atoms with Crippen molar-refractivity contribution < 1.29 is 13.6 Å². The van der Waals surface area contributed by atoms with Gasteiger partial charge in [-0.25, -0.2) is 18.6 Å². The highest BCUT2D eigenvalue weighted by atomic mass is 35.5. The van der Waals surface area contributed by atoms with Crippen LogP contribution in [-0.4, -0.2) is 37.7 Å². The summed E-state index contributed by atoms with van der Waals surface area (Å²) in [7, 11) is 1.79. The zero-order valence-corrected chi connectivity index (χ0v) is 18.4. The topological polar surface area (TPSA) is 60.5 Å². The van der Waals surface area contributed by atoms with E-state index in [9.17, 15) is 4.79 Å². The lowest BCUT2D eigenvalue weighted by Crippen LogP contribution is -2.41. The van der Waals surface area contributed by atoms with Gasteiger partial charge in [0.1, 0.15) is 11.5 Å². The largest absolute Gasteiger partial charge is 0.384 e. The SMILES string of the molecule is CCN1C(=O)N(c2c(F)cc(NCCNC)cc2F)c2ccccc2-c2cc(Cl)cnc21. The second kappa shape index (κ2) is 9.10. The number of rotatable bonds is 6. The molecule has 166 valence electrons. The van der Waals surface area contributed by atoms with E-state index >= 15 is 8.78 Å². The highest BCUT2D eigenvalue weighted by Gasteiger charge is 2.35. The molecule has 2 aromatic carbocycles. The number of hydrogen-bond donors (Lipinski definition) is 2. The van der Waals surface area contributed by atoms with Crippen molar-refractivity contribution in [3.8, 4) is 11.1 Å². The normalized spacial score (nSPS) is 13.0. The first-order valence-electron chi connectivity index (χ1n) is 10.2. The number of nitrogens with zero attached hydrogens (tertiary/aromatic N) is 3.